The van der Waals surface area contributed by atoms with Crippen LogP contribution >= 0.6 is 0 Å². The van der Waals surface area contributed by atoms with E-state index in [1.165, 1.54) is 4.90 Å². The maximum atomic E-state index is 12.0. The van der Waals surface area contributed by atoms with Crippen molar-refractivity contribution in [3.05, 3.63) is 17.7 Å². The highest BCUT2D eigenvalue weighted by Crippen LogP contribution is 2.38. The Labute approximate surface area is 159 Å². The smallest absolute Gasteiger partial charge is 0.412 e. The number of fused-ring (bicyclic) bond motifs is 1. The van der Waals surface area contributed by atoms with Gasteiger partial charge in [0, 0.05) is 24.7 Å². The number of benzene rings is 1. The number of anilines is 3. The van der Waals surface area contributed by atoms with Crippen LogP contribution in [0.4, 0.5) is 26.7 Å². The van der Waals surface area contributed by atoms with Gasteiger partial charge in [0.25, 0.3) is 0 Å². The average Bonchev–Trinajstić information content (AvgIpc) is 2.49. The van der Waals surface area contributed by atoms with Crippen LogP contribution in [-0.2, 0) is 11.2 Å². The zero-order valence-corrected chi connectivity index (χ0v) is 16.3. The normalized spacial score (nSPS) is 19.9. The van der Waals surface area contributed by atoms with Crippen LogP contribution in [0.1, 0.15) is 39.7 Å². The third-order valence-electron chi connectivity index (χ3n) is 4.94. The highest BCUT2D eigenvalue weighted by Gasteiger charge is 2.35. The summed E-state index contributed by atoms with van der Waals surface area (Å²) in [5.74, 6) is 0. The molecular weight excluding hydrogens is 348 g/mol. The Bertz CT molecular complexity index is 753. The van der Waals surface area contributed by atoms with Crippen LogP contribution in [0.3, 0.4) is 0 Å². The fraction of sp³-hybridized carbons (Fsp3) is 0.579. The molecule has 1 fully saturated rings. The Hall–Kier alpha value is -2.64. The van der Waals surface area contributed by atoms with Gasteiger partial charge in [-0.25, -0.2) is 9.59 Å². The van der Waals surface area contributed by atoms with E-state index in [2.05, 4.69) is 5.32 Å². The number of ether oxygens (including phenoxy) is 1. The van der Waals surface area contributed by atoms with Gasteiger partial charge in [0.1, 0.15) is 5.60 Å². The first-order valence-corrected chi connectivity index (χ1v) is 9.25. The van der Waals surface area contributed by atoms with Crippen molar-refractivity contribution >= 4 is 29.2 Å². The van der Waals surface area contributed by atoms with E-state index in [1.807, 2.05) is 39.8 Å². The second-order valence-corrected chi connectivity index (χ2v) is 8.29. The number of hydrogen-bond acceptors (Lipinski definition) is 5. The number of nitrogens with zero attached hydrogens (tertiary/aromatic N) is 2. The molecule has 1 atom stereocenters. The summed E-state index contributed by atoms with van der Waals surface area (Å²) in [5.41, 5.74) is 8.71. The van der Waals surface area contributed by atoms with Crippen LogP contribution in [0.2, 0.25) is 0 Å². The molecule has 27 heavy (non-hydrogen) atoms. The maximum Gasteiger partial charge on any atom is 0.412 e. The fourth-order valence-corrected chi connectivity index (χ4v) is 3.54. The lowest BCUT2D eigenvalue weighted by atomic mass is 9.94. The molecule has 4 N–H and O–H groups in total. The summed E-state index contributed by atoms with van der Waals surface area (Å²) in [7, 11) is 0. The number of amides is 2. The van der Waals surface area contributed by atoms with Crippen LogP contribution in [0.25, 0.3) is 0 Å². The third kappa shape index (κ3) is 3.89. The van der Waals surface area contributed by atoms with Crippen LogP contribution in [-0.4, -0.2) is 53.0 Å². The predicted molar refractivity (Wildman–Crippen MR) is 104 cm³/mol. The minimum atomic E-state index is -0.962. The first-order chi connectivity index (χ1) is 12.6. The lowest BCUT2D eigenvalue weighted by Crippen LogP contribution is -2.58. The summed E-state index contributed by atoms with van der Waals surface area (Å²) in [4.78, 5) is 26.6. The van der Waals surface area contributed by atoms with Crippen molar-refractivity contribution in [1.82, 2.24) is 4.90 Å². The molecule has 0 spiro atoms. The molecule has 2 aliphatic heterocycles. The summed E-state index contributed by atoms with van der Waals surface area (Å²) in [6.45, 7) is 8.52. The summed E-state index contributed by atoms with van der Waals surface area (Å²) < 4.78 is 5.36. The van der Waals surface area contributed by atoms with Crippen molar-refractivity contribution in [2.24, 2.45) is 0 Å². The summed E-state index contributed by atoms with van der Waals surface area (Å²) in [6, 6.07) is 3.65. The van der Waals surface area contributed by atoms with E-state index >= 15 is 0 Å². The largest absolute Gasteiger partial charge is 0.465 e. The Morgan fingerprint density at radius 1 is 1.30 bits per heavy atom. The zero-order chi connectivity index (χ0) is 19.9. The number of likely N-dealkylation sites (tertiary alicyclic amines) is 1. The standard InChI is InChI=1S/C19H28N4O4/c1-11-5-6-13-15(23(11)17(24)25)8-7-14(16(13)20)21-12-9-22(10-12)18(26)27-19(2,3)4/h7-8,11-12,21H,5-6,9-10,20H2,1-4H3,(H,24,25)/t11-/m0/s1. The van der Waals surface area contributed by atoms with Crippen LogP contribution in [0.15, 0.2) is 12.1 Å². The van der Waals surface area contributed by atoms with E-state index in [4.69, 9.17) is 10.5 Å². The number of nitrogens with two attached hydrogens (primary N) is 1. The Morgan fingerprint density at radius 2 is 1.96 bits per heavy atom. The number of carbonyl (C=O) groups is 2. The SMILES string of the molecule is C[C@H]1CCc2c(ccc(NC3CN(C(=O)OC(C)(C)C)C3)c2N)N1C(=O)O. The lowest BCUT2D eigenvalue weighted by molar-refractivity contribution is 0.0105. The maximum absolute atomic E-state index is 12.0. The molecule has 0 bridgehead atoms. The molecule has 2 aliphatic rings. The molecular formula is C19H28N4O4. The van der Waals surface area contributed by atoms with E-state index in [0.29, 0.717) is 24.5 Å². The van der Waals surface area contributed by atoms with Gasteiger partial charge >= 0.3 is 12.2 Å². The van der Waals surface area contributed by atoms with Gasteiger partial charge in [0.2, 0.25) is 0 Å². The third-order valence-corrected chi connectivity index (χ3v) is 4.94. The molecule has 2 amide bonds. The number of rotatable bonds is 2. The van der Waals surface area contributed by atoms with E-state index in [9.17, 15) is 14.7 Å². The van der Waals surface area contributed by atoms with Crippen molar-refractivity contribution in [1.29, 1.82) is 0 Å². The number of carboxylic acid groups (broad SMARTS) is 1. The zero-order valence-electron chi connectivity index (χ0n) is 16.3. The van der Waals surface area contributed by atoms with Crippen molar-refractivity contribution < 1.29 is 19.4 Å². The van der Waals surface area contributed by atoms with Crippen LogP contribution in [0, 0.1) is 0 Å². The van der Waals surface area contributed by atoms with Gasteiger partial charge in [-0.3, -0.25) is 4.90 Å². The van der Waals surface area contributed by atoms with Gasteiger partial charge in [-0.05, 0) is 52.7 Å². The summed E-state index contributed by atoms with van der Waals surface area (Å²) in [5, 5.41) is 12.8. The lowest BCUT2D eigenvalue weighted by Gasteiger charge is -2.41. The van der Waals surface area contributed by atoms with E-state index < -0.39 is 11.7 Å². The van der Waals surface area contributed by atoms with Gasteiger partial charge in [-0.1, -0.05) is 0 Å². The van der Waals surface area contributed by atoms with Gasteiger partial charge < -0.3 is 25.8 Å². The number of hydrogen-bond donors (Lipinski definition) is 3. The molecule has 0 unspecified atom stereocenters. The van der Waals surface area contributed by atoms with E-state index in [-0.39, 0.29) is 18.2 Å². The Morgan fingerprint density at radius 3 is 2.56 bits per heavy atom. The molecule has 0 saturated carbocycles. The molecule has 3 rings (SSSR count). The van der Waals surface area contributed by atoms with Gasteiger partial charge in [0.15, 0.2) is 0 Å². The molecule has 8 heteroatoms. The minimum Gasteiger partial charge on any atom is -0.465 e. The van der Waals surface area contributed by atoms with Gasteiger partial charge in [-0.2, -0.15) is 0 Å². The molecule has 1 saturated heterocycles. The molecule has 148 valence electrons. The van der Waals surface area contributed by atoms with Crippen molar-refractivity contribution in [2.45, 2.75) is 58.2 Å². The topological polar surface area (TPSA) is 108 Å². The summed E-state index contributed by atoms with van der Waals surface area (Å²) >= 11 is 0. The van der Waals surface area contributed by atoms with Crippen LogP contribution in [0.5, 0.6) is 0 Å². The number of nitrogens with one attached hydrogen (secondary N) is 1. The highest BCUT2D eigenvalue weighted by atomic mass is 16.6. The highest BCUT2D eigenvalue weighted by molar-refractivity contribution is 5.92. The number of nitrogen functional groups attached to an aromatic ring is 1. The van der Waals surface area contributed by atoms with Crippen molar-refractivity contribution in [3.63, 3.8) is 0 Å². The molecule has 0 radical (unpaired) electrons. The average molecular weight is 376 g/mol. The fourth-order valence-electron chi connectivity index (χ4n) is 3.54. The Balaban J connectivity index is 1.67. The first kappa shape index (κ1) is 19.1. The minimum absolute atomic E-state index is 0.0674. The molecule has 1 aromatic carbocycles. The predicted octanol–water partition coefficient (Wildman–Crippen LogP) is 3.12. The second kappa shape index (κ2) is 6.83. The quantitative estimate of drug-likeness (QED) is 0.685. The molecule has 0 aromatic heterocycles. The monoisotopic (exact) mass is 376 g/mol. The molecule has 0 aliphatic carbocycles. The van der Waals surface area contributed by atoms with E-state index in [0.717, 1.165) is 24.1 Å². The van der Waals surface area contributed by atoms with E-state index in [1.54, 1.807) is 4.90 Å². The van der Waals surface area contributed by atoms with Gasteiger partial charge in [-0.15, -0.1) is 0 Å². The molecule has 8 nitrogen and oxygen atoms in total. The van der Waals surface area contributed by atoms with Gasteiger partial charge in [0.05, 0.1) is 23.1 Å². The van der Waals surface area contributed by atoms with Crippen molar-refractivity contribution in [2.75, 3.05) is 29.0 Å². The summed E-state index contributed by atoms with van der Waals surface area (Å²) in [6.07, 6.45) is 0.208. The second-order valence-electron chi connectivity index (χ2n) is 8.29. The van der Waals surface area contributed by atoms with Crippen LogP contribution < -0.4 is 16.0 Å². The first-order valence-electron chi connectivity index (χ1n) is 9.25. The Kier molecular flexibility index (Phi) is 4.84. The van der Waals surface area contributed by atoms with Crippen molar-refractivity contribution in [3.8, 4) is 0 Å². The molecule has 1 aromatic rings. The molecule has 2 heterocycles. The number of carbonyl (C=O) groups excluding carboxylic acids is 1.